The Hall–Kier alpha value is -1.06. The van der Waals surface area contributed by atoms with Crippen LogP contribution in [0.1, 0.15) is 48.0 Å². The first kappa shape index (κ1) is 16.9. The summed E-state index contributed by atoms with van der Waals surface area (Å²) < 4.78 is 0. The van der Waals surface area contributed by atoms with Gasteiger partial charge in [0, 0.05) is 5.92 Å². The van der Waals surface area contributed by atoms with Crippen LogP contribution in [-0.4, -0.2) is 23.0 Å². The molecule has 1 amide bonds. The maximum Gasteiger partial charge on any atom is 0.326 e. The predicted molar refractivity (Wildman–Crippen MR) is 72.2 cm³/mol. The van der Waals surface area contributed by atoms with E-state index < -0.39 is 12.0 Å². The minimum Gasteiger partial charge on any atom is -0.480 e. The van der Waals surface area contributed by atoms with Crippen molar-refractivity contribution in [3.63, 3.8) is 0 Å². The van der Waals surface area contributed by atoms with Crippen molar-refractivity contribution in [2.24, 2.45) is 23.7 Å². The standard InChI is InChI=1S/C14H27NO3/c1-7-10(6)12(14(17)18)15-13(16)11(8(2)3)9(4)5/h8-12H,7H2,1-6H3,(H,15,16)(H,17,18)/t10-,12-/m0/s1. The molecule has 0 aromatic rings. The molecule has 0 aromatic heterocycles. The fourth-order valence-corrected chi connectivity index (χ4v) is 2.31. The first-order valence-electron chi connectivity index (χ1n) is 6.75. The molecular formula is C14H27NO3. The maximum absolute atomic E-state index is 12.2. The molecule has 0 aliphatic rings. The molecule has 0 unspecified atom stereocenters. The van der Waals surface area contributed by atoms with Gasteiger partial charge in [0.05, 0.1) is 0 Å². The van der Waals surface area contributed by atoms with E-state index in [0.29, 0.717) is 0 Å². The van der Waals surface area contributed by atoms with Gasteiger partial charge in [-0.1, -0.05) is 48.0 Å². The van der Waals surface area contributed by atoms with Crippen LogP contribution in [0.3, 0.4) is 0 Å². The van der Waals surface area contributed by atoms with Gasteiger partial charge in [-0.05, 0) is 17.8 Å². The largest absolute Gasteiger partial charge is 0.480 e. The molecule has 0 saturated carbocycles. The monoisotopic (exact) mass is 257 g/mol. The van der Waals surface area contributed by atoms with Crippen molar-refractivity contribution in [3.05, 3.63) is 0 Å². The van der Waals surface area contributed by atoms with Crippen LogP contribution in [0.25, 0.3) is 0 Å². The summed E-state index contributed by atoms with van der Waals surface area (Å²) >= 11 is 0. The van der Waals surface area contributed by atoms with Crippen LogP contribution in [-0.2, 0) is 9.59 Å². The molecule has 18 heavy (non-hydrogen) atoms. The molecule has 0 saturated heterocycles. The van der Waals surface area contributed by atoms with E-state index in [1.54, 1.807) is 0 Å². The van der Waals surface area contributed by atoms with Crippen molar-refractivity contribution in [2.75, 3.05) is 0 Å². The minimum absolute atomic E-state index is 0.0635. The fraction of sp³-hybridized carbons (Fsp3) is 0.857. The van der Waals surface area contributed by atoms with Gasteiger partial charge in [0.2, 0.25) is 5.91 Å². The molecule has 0 aliphatic carbocycles. The summed E-state index contributed by atoms with van der Waals surface area (Å²) in [6, 6.07) is -0.789. The number of nitrogens with one attached hydrogen (secondary N) is 1. The second-order valence-corrected chi connectivity index (χ2v) is 5.72. The lowest BCUT2D eigenvalue weighted by Gasteiger charge is -2.27. The van der Waals surface area contributed by atoms with Crippen LogP contribution in [0.5, 0.6) is 0 Å². The van der Waals surface area contributed by atoms with E-state index in [9.17, 15) is 9.59 Å². The SMILES string of the molecule is CC[C@H](C)[C@H](NC(=O)C(C(C)C)C(C)C)C(=O)O. The van der Waals surface area contributed by atoms with Crippen LogP contribution in [0.4, 0.5) is 0 Å². The van der Waals surface area contributed by atoms with Crippen LogP contribution >= 0.6 is 0 Å². The van der Waals surface area contributed by atoms with Gasteiger partial charge in [-0.25, -0.2) is 4.79 Å². The summed E-state index contributed by atoms with van der Waals surface area (Å²) in [7, 11) is 0. The third-order valence-electron chi connectivity index (χ3n) is 3.52. The number of carboxylic acid groups (broad SMARTS) is 1. The van der Waals surface area contributed by atoms with Gasteiger partial charge in [0.15, 0.2) is 0 Å². The Bertz CT molecular complexity index is 279. The summed E-state index contributed by atoms with van der Waals surface area (Å²) in [6.45, 7) is 11.7. The highest BCUT2D eigenvalue weighted by molar-refractivity contribution is 5.85. The Morgan fingerprint density at radius 3 is 1.78 bits per heavy atom. The molecule has 0 spiro atoms. The number of rotatable bonds is 7. The van der Waals surface area contributed by atoms with Crippen molar-refractivity contribution in [1.82, 2.24) is 5.32 Å². The van der Waals surface area contributed by atoms with E-state index in [0.717, 1.165) is 6.42 Å². The van der Waals surface area contributed by atoms with Gasteiger partial charge in [-0.3, -0.25) is 4.79 Å². The number of aliphatic carboxylic acids is 1. The van der Waals surface area contributed by atoms with Gasteiger partial charge in [0.25, 0.3) is 0 Å². The smallest absolute Gasteiger partial charge is 0.326 e. The van der Waals surface area contributed by atoms with Crippen LogP contribution < -0.4 is 5.32 Å². The lowest BCUT2D eigenvalue weighted by Crippen LogP contribution is -2.49. The summed E-state index contributed by atoms with van der Waals surface area (Å²) in [4.78, 5) is 23.4. The third-order valence-corrected chi connectivity index (χ3v) is 3.52. The van der Waals surface area contributed by atoms with E-state index in [4.69, 9.17) is 5.11 Å². The number of hydrogen-bond donors (Lipinski definition) is 2. The molecular weight excluding hydrogens is 230 g/mol. The lowest BCUT2D eigenvalue weighted by molar-refractivity contribution is -0.144. The zero-order valence-electron chi connectivity index (χ0n) is 12.4. The topological polar surface area (TPSA) is 66.4 Å². The van der Waals surface area contributed by atoms with Gasteiger partial charge >= 0.3 is 5.97 Å². The molecule has 0 fully saturated rings. The van der Waals surface area contributed by atoms with Crippen LogP contribution in [0.2, 0.25) is 0 Å². The van der Waals surface area contributed by atoms with E-state index in [1.165, 1.54) is 0 Å². The van der Waals surface area contributed by atoms with Crippen molar-refractivity contribution < 1.29 is 14.7 Å². The summed E-state index contributed by atoms with van der Waals surface area (Å²) in [5.74, 6) is -0.897. The Balaban J connectivity index is 4.82. The van der Waals surface area contributed by atoms with Gasteiger partial charge in [0.1, 0.15) is 6.04 Å². The molecule has 0 rings (SSSR count). The van der Waals surface area contributed by atoms with E-state index in [2.05, 4.69) is 5.32 Å². The first-order valence-corrected chi connectivity index (χ1v) is 6.75. The van der Waals surface area contributed by atoms with E-state index in [1.807, 2.05) is 41.5 Å². The Labute approximate surface area is 110 Å². The van der Waals surface area contributed by atoms with Crippen molar-refractivity contribution in [3.8, 4) is 0 Å². The van der Waals surface area contributed by atoms with Gasteiger partial charge in [-0.15, -0.1) is 0 Å². The normalized spacial score (nSPS) is 14.9. The average Bonchev–Trinajstić information content (AvgIpc) is 2.23. The van der Waals surface area contributed by atoms with Gasteiger partial charge in [-0.2, -0.15) is 0 Å². The highest BCUT2D eigenvalue weighted by Gasteiger charge is 2.31. The zero-order chi connectivity index (χ0) is 14.5. The van der Waals surface area contributed by atoms with Crippen molar-refractivity contribution in [2.45, 2.75) is 54.0 Å². The number of amides is 1. The first-order chi connectivity index (χ1) is 8.22. The average molecular weight is 257 g/mol. The van der Waals surface area contributed by atoms with E-state index in [-0.39, 0.29) is 29.6 Å². The fourth-order valence-electron chi connectivity index (χ4n) is 2.31. The van der Waals surface area contributed by atoms with Gasteiger partial charge < -0.3 is 10.4 Å². The summed E-state index contributed by atoms with van der Waals surface area (Å²) in [5, 5.41) is 11.9. The van der Waals surface area contributed by atoms with Crippen molar-refractivity contribution >= 4 is 11.9 Å². The molecule has 0 aliphatic heterocycles. The zero-order valence-corrected chi connectivity index (χ0v) is 12.4. The molecule has 2 atom stereocenters. The Kier molecular flexibility index (Phi) is 6.96. The quantitative estimate of drug-likeness (QED) is 0.736. The second-order valence-electron chi connectivity index (χ2n) is 5.72. The Morgan fingerprint density at radius 2 is 1.50 bits per heavy atom. The molecule has 4 heteroatoms. The van der Waals surface area contributed by atoms with Crippen LogP contribution in [0, 0.1) is 23.7 Å². The summed E-state index contributed by atoms with van der Waals surface area (Å²) in [6.07, 6.45) is 0.727. The highest BCUT2D eigenvalue weighted by atomic mass is 16.4. The minimum atomic E-state index is -0.955. The summed E-state index contributed by atoms with van der Waals surface area (Å²) in [5.41, 5.74) is 0. The number of carbonyl (C=O) groups excluding carboxylic acids is 1. The molecule has 0 aromatic carbocycles. The molecule has 0 bridgehead atoms. The highest BCUT2D eigenvalue weighted by Crippen LogP contribution is 2.21. The van der Waals surface area contributed by atoms with Crippen molar-refractivity contribution in [1.29, 1.82) is 0 Å². The predicted octanol–water partition coefficient (Wildman–Crippen LogP) is 2.53. The maximum atomic E-state index is 12.2. The lowest BCUT2D eigenvalue weighted by atomic mass is 9.84. The molecule has 2 N–H and O–H groups in total. The number of carboxylic acids is 1. The molecule has 106 valence electrons. The van der Waals surface area contributed by atoms with Crippen LogP contribution in [0.15, 0.2) is 0 Å². The Morgan fingerprint density at radius 1 is 1.06 bits per heavy atom. The second kappa shape index (κ2) is 7.39. The molecule has 4 nitrogen and oxygen atoms in total. The molecule has 0 heterocycles. The molecule has 0 radical (unpaired) electrons. The number of carbonyl (C=O) groups is 2. The van der Waals surface area contributed by atoms with E-state index >= 15 is 0 Å². The number of hydrogen-bond acceptors (Lipinski definition) is 2. The third kappa shape index (κ3) is 4.67.